The first-order valence-corrected chi connectivity index (χ1v) is 4.85. The molecule has 0 aromatic carbocycles. The smallest absolute Gasteiger partial charge is 0.346 e. The van der Waals surface area contributed by atoms with E-state index in [2.05, 4.69) is 13.8 Å². The number of thiophene rings is 1. The third-order valence-electron chi connectivity index (χ3n) is 2.03. The van der Waals surface area contributed by atoms with Gasteiger partial charge in [0.25, 0.3) is 0 Å². The molecule has 12 heavy (non-hydrogen) atoms. The number of carbonyl (C=O) groups is 1. The van der Waals surface area contributed by atoms with Crippen molar-refractivity contribution in [3.05, 3.63) is 21.9 Å². The Morgan fingerprint density at radius 2 is 2.42 bits per heavy atom. The molecule has 2 nitrogen and oxygen atoms in total. The molecule has 0 aliphatic rings. The molecule has 0 spiro atoms. The molecule has 0 saturated heterocycles. The van der Waals surface area contributed by atoms with Crippen LogP contribution in [-0.2, 0) is 0 Å². The van der Waals surface area contributed by atoms with E-state index in [1.54, 1.807) is 0 Å². The molecule has 3 heteroatoms. The van der Waals surface area contributed by atoms with Gasteiger partial charge in [0, 0.05) is 0 Å². The lowest BCUT2D eigenvalue weighted by atomic mass is 10.00. The number of carboxylic acid groups (broad SMARTS) is 1. The zero-order valence-electron chi connectivity index (χ0n) is 7.20. The SMILES string of the molecule is CCC(C)c1ccsc1C(=O)O. The Balaban J connectivity index is 2.98. The second kappa shape index (κ2) is 3.72. The van der Waals surface area contributed by atoms with Gasteiger partial charge in [-0.2, -0.15) is 0 Å². The quantitative estimate of drug-likeness (QED) is 0.784. The highest BCUT2D eigenvalue weighted by atomic mass is 32.1. The van der Waals surface area contributed by atoms with E-state index in [4.69, 9.17) is 5.11 Å². The summed E-state index contributed by atoms with van der Waals surface area (Å²) in [5.74, 6) is -0.456. The van der Waals surface area contributed by atoms with Gasteiger partial charge >= 0.3 is 5.97 Å². The van der Waals surface area contributed by atoms with Crippen LogP contribution in [0.4, 0.5) is 0 Å². The minimum absolute atomic E-state index is 0.349. The van der Waals surface area contributed by atoms with Crippen molar-refractivity contribution in [3.8, 4) is 0 Å². The Morgan fingerprint density at radius 3 is 2.92 bits per heavy atom. The standard InChI is InChI=1S/C9H12O2S/c1-3-6(2)7-4-5-12-8(7)9(10)11/h4-6H,3H2,1-2H3,(H,10,11). The topological polar surface area (TPSA) is 37.3 Å². The molecule has 0 aliphatic carbocycles. The van der Waals surface area contributed by atoms with Crippen LogP contribution in [0.3, 0.4) is 0 Å². The van der Waals surface area contributed by atoms with Gasteiger partial charge in [0.05, 0.1) is 0 Å². The van der Waals surface area contributed by atoms with Crippen LogP contribution in [0.15, 0.2) is 11.4 Å². The Morgan fingerprint density at radius 1 is 1.75 bits per heavy atom. The summed E-state index contributed by atoms with van der Waals surface area (Å²) in [4.78, 5) is 11.2. The van der Waals surface area contributed by atoms with E-state index in [9.17, 15) is 4.79 Å². The lowest BCUT2D eigenvalue weighted by Crippen LogP contribution is -2.00. The lowest BCUT2D eigenvalue weighted by Gasteiger charge is -2.06. The molecule has 0 fully saturated rings. The first-order valence-electron chi connectivity index (χ1n) is 3.97. The Kier molecular flexibility index (Phi) is 2.87. The molecular weight excluding hydrogens is 172 g/mol. The van der Waals surface area contributed by atoms with Gasteiger partial charge in [0.15, 0.2) is 0 Å². The van der Waals surface area contributed by atoms with Crippen LogP contribution in [-0.4, -0.2) is 11.1 Å². The maximum atomic E-state index is 10.7. The summed E-state index contributed by atoms with van der Waals surface area (Å²) in [7, 11) is 0. The van der Waals surface area contributed by atoms with Gasteiger partial charge in [-0.05, 0) is 29.3 Å². The van der Waals surface area contributed by atoms with E-state index in [1.165, 1.54) is 11.3 Å². The van der Waals surface area contributed by atoms with Crippen molar-refractivity contribution in [1.82, 2.24) is 0 Å². The minimum atomic E-state index is -0.805. The molecule has 1 N–H and O–H groups in total. The highest BCUT2D eigenvalue weighted by Gasteiger charge is 2.15. The van der Waals surface area contributed by atoms with E-state index in [1.807, 2.05) is 11.4 Å². The average Bonchev–Trinajstić information content (AvgIpc) is 2.50. The van der Waals surface area contributed by atoms with Crippen LogP contribution in [0.25, 0.3) is 0 Å². The maximum Gasteiger partial charge on any atom is 0.346 e. The van der Waals surface area contributed by atoms with E-state index >= 15 is 0 Å². The van der Waals surface area contributed by atoms with Crippen LogP contribution in [0.5, 0.6) is 0 Å². The number of rotatable bonds is 3. The Labute approximate surface area is 75.9 Å². The molecule has 0 amide bonds. The molecule has 0 radical (unpaired) electrons. The second-order valence-corrected chi connectivity index (χ2v) is 3.74. The lowest BCUT2D eigenvalue weighted by molar-refractivity contribution is 0.0700. The van der Waals surface area contributed by atoms with Crippen molar-refractivity contribution in [3.63, 3.8) is 0 Å². The van der Waals surface area contributed by atoms with Crippen molar-refractivity contribution in [2.75, 3.05) is 0 Å². The third kappa shape index (κ3) is 1.67. The van der Waals surface area contributed by atoms with Crippen LogP contribution in [0.1, 0.15) is 41.4 Å². The summed E-state index contributed by atoms with van der Waals surface area (Å²) in [6.07, 6.45) is 0.983. The predicted molar refractivity (Wildman–Crippen MR) is 50.0 cm³/mol. The summed E-state index contributed by atoms with van der Waals surface area (Å²) in [6, 6.07) is 1.91. The molecule has 66 valence electrons. The number of carboxylic acids is 1. The Hall–Kier alpha value is -0.830. The van der Waals surface area contributed by atoms with Crippen LogP contribution in [0.2, 0.25) is 0 Å². The Bertz CT molecular complexity index is 278. The van der Waals surface area contributed by atoms with Gasteiger partial charge in [0.2, 0.25) is 0 Å². The fraction of sp³-hybridized carbons (Fsp3) is 0.444. The zero-order valence-corrected chi connectivity index (χ0v) is 8.02. The number of hydrogen-bond acceptors (Lipinski definition) is 2. The molecule has 1 atom stereocenters. The van der Waals surface area contributed by atoms with Crippen LogP contribution in [0, 0.1) is 0 Å². The zero-order chi connectivity index (χ0) is 9.14. The largest absolute Gasteiger partial charge is 0.477 e. The molecular formula is C9H12O2S. The van der Waals surface area contributed by atoms with Gasteiger partial charge in [-0.3, -0.25) is 0 Å². The monoisotopic (exact) mass is 184 g/mol. The minimum Gasteiger partial charge on any atom is -0.477 e. The van der Waals surface area contributed by atoms with E-state index < -0.39 is 5.97 Å². The van der Waals surface area contributed by atoms with Crippen molar-refractivity contribution in [2.45, 2.75) is 26.2 Å². The molecule has 1 aromatic rings. The highest BCUT2D eigenvalue weighted by molar-refractivity contribution is 7.12. The fourth-order valence-electron chi connectivity index (χ4n) is 1.10. The van der Waals surface area contributed by atoms with E-state index in [-0.39, 0.29) is 0 Å². The average molecular weight is 184 g/mol. The van der Waals surface area contributed by atoms with Crippen molar-refractivity contribution in [2.24, 2.45) is 0 Å². The molecule has 0 aliphatic heterocycles. The van der Waals surface area contributed by atoms with E-state index in [0.29, 0.717) is 10.8 Å². The van der Waals surface area contributed by atoms with Crippen molar-refractivity contribution < 1.29 is 9.90 Å². The van der Waals surface area contributed by atoms with Crippen molar-refractivity contribution in [1.29, 1.82) is 0 Å². The molecule has 0 bridgehead atoms. The number of aromatic carboxylic acids is 1. The predicted octanol–water partition coefficient (Wildman–Crippen LogP) is 2.96. The summed E-state index contributed by atoms with van der Waals surface area (Å²) >= 11 is 1.30. The maximum absolute atomic E-state index is 10.7. The first kappa shape index (κ1) is 9.26. The summed E-state index contributed by atoms with van der Waals surface area (Å²) in [5, 5.41) is 10.6. The van der Waals surface area contributed by atoms with Gasteiger partial charge in [-0.25, -0.2) is 4.79 Å². The second-order valence-electron chi connectivity index (χ2n) is 2.82. The summed E-state index contributed by atoms with van der Waals surface area (Å²) in [6.45, 7) is 4.11. The van der Waals surface area contributed by atoms with Gasteiger partial charge < -0.3 is 5.11 Å². The van der Waals surface area contributed by atoms with Crippen LogP contribution < -0.4 is 0 Å². The van der Waals surface area contributed by atoms with E-state index in [0.717, 1.165) is 12.0 Å². The normalized spacial score (nSPS) is 12.8. The van der Waals surface area contributed by atoms with Crippen molar-refractivity contribution >= 4 is 17.3 Å². The van der Waals surface area contributed by atoms with Crippen LogP contribution >= 0.6 is 11.3 Å². The molecule has 0 saturated carbocycles. The summed E-state index contributed by atoms with van der Waals surface area (Å²) in [5.41, 5.74) is 0.968. The summed E-state index contributed by atoms with van der Waals surface area (Å²) < 4.78 is 0. The number of hydrogen-bond donors (Lipinski definition) is 1. The molecule has 1 heterocycles. The molecule has 1 unspecified atom stereocenters. The highest BCUT2D eigenvalue weighted by Crippen LogP contribution is 2.26. The van der Waals surface area contributed by atoms with Gasteiger partial charge in [0.1, 0.15) is 4.88 Å². The molecule has 1 rings (SSSR count). The third-order valence-corrected chi connectivity index (χ3v) is 2.95. The fourth-order valence-corrected chi connectivity index (χ4v) is 1.96. The van der Waals surface area contributed by atoms with Gasteiger partial charge in [-0.1, -0.05) is 13.8 Å². The van der Waals surface area contributed by atoms with Gasteiger partial charge in [-0.15, -0.1) is 11.3 Å². The first-order chi connectivity index (χ1) is 5.66. The molecule has 1 aromatic heterocycles.